The second-order valence-corrected chi connectivity index (χ2v) is 7.33. The van der Waals surface area contributed by atoms with Crippen molar-refractivity contribution >= 4 is 16.0 Å². The number of carbonyl (C=O) groups is 1. The molecule has 1 aliphatic rings. The van der Waals surface area contributed by atoms with Gasteiger partial charge in [0, 0.05) is 25.7 Å². The van der Waals surface area contributed by atoms with Crippen LogP contribution in [0.15, 0.2) is 23.1 Å². The molecule has 0 amide bonds. The van der Waals surface area contributed by atoms with Gasteiger partial charge in [-0.15, -0.1) is 0 Å². The number of aryl methyl sites for hydroxylation is 1. The SMILES string of the molecule is CCOC(=O)c1ccc(C)c(S(=O)(=O)N2CCNC(C)C2)c1. The summed E-state index contributed by atoms with van der Waals surface area (Å²) in [7, 11) is -3.61. The Hall–Kier alpha value is -1.44. The van der Waals surface area contributed by atoms with E-state index in [9.17, 15) is 13.2 Å². The van der Waals surface area contributed by atoms with Gasteiger partial charge in [-0.05, 0) is 38.5 Å². The molecule has 0 radical (unpaired) electrons. The van der Waals surface area contributed by atoms with E-state index in [2.05, 4.69) is 5.32 Å². The monoisotopic (exact) mass is 326 g/mol. The number of rotatable bonds is 4. The Labute approximate surface area is 131 Å². The number of nitrogens with one attached hydrogen (secondary N) is 1. The Balaban J connectivity index is 2.37. The second kappa shape index (κ2) is 6.76. The van der Waals surface area contributed by atoms with Crippen LogP contribution in [0.1, 0.15) is 29.8 Å². The van der Waals surface area contributed by atoms with Crippen molar-refractivity contribution in [3.63, 3.8) is 0 Å². The van der Waals surface area contributed by atoms with Crippen LogP contribution in [-0.2, 0) is 14.8 Å². The highest BCUT2D eigenvalue weighted by atomic mass is 32.2. The first-order valence-corrected chi connectivity index (χ1v) is 8.81. The van der Waals surface area contributed by atoms with Crippen molar-refractivity contribution in [2.45, 2.75) is 31.7 Å². The van der Waals surface area contributed by atoms with Gasteiger partial charge in [0.05, 0.1) is 17.1 Å². The summed E-state index contributed by atoms with van der Waals surface area (Å²) >= 11 is 0. The molecule has 1 heterocycles. The Kier molecular flexibility index (Phi) is 5.20. The second-order valence-electron chi connectivity index (χ2n) is 5.42. The molecule has 1 fully saturated rings. The normalized spacial score (nSPS) is 19.9. The number of sulfonamides is 1. The van der Waals surface area contributed by atoms with Crippen LogP contribution >= 0.6 is 0 Å². The molecule has 0 saturated carbocycles. The molecule has 1 N–H and O–H groups in total. The van der Waals surface area contributed by atoms with E-state index >= 15 is 0 Å². The first kappa shape index (κ1) is 16.9. The molecule has 0 bridgehead atoms. The molecule has 0 aliphatic carbocycles. The molecule has 1 unspecified atom stereocenters. The molecule has 0 aromatic heterocycles. The van der Waals surface area contributed by atoms with Gasteiger partial charge >= 0.3 is 5.97 Å². The Morgan fingerprint density at radius 3 is 2.82 bits per heavy atom. The van der Waals surface area contributed by atoms with Crippen molar-refractivity contribution in [2.24, 2.45) is 0 Å². The van der Waals surface area contributed by atoms with Gasteiger partial charge in [-0.25, -0.2) is 13.2 Å². The maximum absolute atomic E-state index is 12.8. The summed E-state index contributed by atoms with van der Waals surface area (Å²) < 4.78 is 32.1. The van der Waals surface area contributed by atoms with E-state index in [0.717, 1.165) is 0 Å². The fraction of sp³-hybridized carbons (Fsp3) is 0.533. The lowest BCUT2D eigenvalue weighted by molar-refractivity contribution is 0.0526. The van der Waals surface area contributed by atoms with Crippen molar-refractivity contribution in [3.05, 3.63) is 29.3 Å². The standard InChI is InChI=1S/C15H22N2O4S/c1-4-21-15(18)13-6-5-11(2)14(9-13)22(19,20)17-8-7-16-12(3)10-17/h5-6,9,12,16H,4,7-8,10H2,1-3H3. The van der Waals surface area contributed by atoms with Crippen molar-refractivity contribution in [1.82, 2.24) is 9.62 Å². The van der Waals surface area contributed by atoms with Gasteiger partial charge in [0.2, 0.25) is 10.0 Å². The minimum atomic E-state index is -3.61. The van der Waals surface area contributed by atoms with Crippen LogP contribution in [0.5, 0.6) is 0 Å². The lowest BCUT2D eigenvalue weighted by atomic mass is 10.1. The molecular weight excluding hydrogens is 304 g/mol. The molecule has 1 saturated heterocycles. The van der Waals surface area contributed by atoms with E-state index in [-0.39, 0.29) is 23.1 Å². The quantitative estimate of drug-likeness (QED) is 0.840. The molecule has 1 aliphatic heterocycles. The van der Waals surface area contributed by atoms with Crippen LogP contribution < -0.4 is 5.32 Å². The molecule has 2 rings (SSSR count). The van der Waals surface area contributed by atoms with Crippen molar-refractivity contribution in [1.29, 1.82) is 0 Å². The summed E-state index contributed by atoms with van der Waals surface area (Å²) in [4.78, 5) is 12.0. The lowest BCUT2D eigenvalue weighted by Gasteiger charge is -2.31. The van der Waals surface area contributed by atoms with Crippen LogP contribution in [0, 0.1) is 6.92 Å². The number of piperazine rings is 1. The molecule has 6 nitrogen and oxygen atoms in total. The zero-order valence-corrected chi connectivity index (χ0v) is 13.9. The average Bonchev–Trinajstić information content (AvgIpc) is 2.47. The fourth-order valence-corrected chi connectivity index (χ4v) is 4.25. The van der Waals surface area contributed by atoms with Crippen LogP contribution in [-0.4, -0.2) is 51.0 Å². The number of nitrogens with zero attached hydrogens (tertiary/aromatic N) is 1. The van der Waals surface area contributed by atoms with Gasteiger partial charge in [-0.2, -0.15) is 4.31 Å². The minimum Gasteiger partial charge on any atom is -0.462 e. The largest absolute Gasteiger partial charge is 0.462 e. The molecule has 7 heteroatoms. The molecule has 1 atom stereocenters. The van der Waals surface area contributed by atoms with Gasteiger partial charge < -0.3 is 10.1 Å². The van der Waals surface area contributed by atoms with Crippen LogP contribution in [0.4, 0.5) is 0 Å². The predicted octanol–water partition coefficient (Wildman–Crippen LogP) is 1.15. The van der Waals surface area contributed by atoms with Crippen molar-refractivity contribution in [2.75, 3.05) is 26.2 Å². The smallest absolute Gasteiger partial charge is 0.338 e. The number of esters is 1. The summed E-state index contributed by atoms with van der Waals surface area (Å²) in [6.45, 7) is 7.12. The molecule has 1 aromatic rings. The van der Waals surface area contributed by atoms with Gasteiger partial charge in [0.15, 0.2) is 0 Å². The Morgan fingerprint density at radius 1 is 1.45 bits per heavy atom. The molecule has 0 spiro atoms. The summed E-state index contributed by atoms with van der Waals surface area (Å²) in [6, 6.07) is 4.75. The van der Waals surface area contributed by atoms with Crippen molar-refractivity contribution < 1.29 is 17.9 Å². The first-order valence-electron chi connectivity index (χ1n) is 7.37. The zero-order chi connectivity index (χ0) is 16.3. The van der Waals surface area contributed by atoms with Gasteiger partial charge in [-0.3, -0.25) is 0 Å². The summed E-state index contributed by atoms with van der Waals surface area (Å²) in [5, 5.41) is 3.22. The van der Waals surface area contributed by atoms with Crippen LogP contribution in [0.3, 0.4) is 0 Å². The fourth-order valence-electron chi connectivity index (χ4n) is 2.47. The van der Waals surface area contributed by atoms with Crippen LogP contribution in [0.2, 0.25) is 0 Å². The average molecular weight is 326 g/mol. The summed E-state index contributed by atoms with van der Waals surface area (Å²) in [5.74, 6) is -0.507. The van der Waals surface area contributed by atoms with E-state index in [1.807, 2.05) is 6.92 Å². The number of hydrogen-bond acceptors (Lipinski definition) is 5. The Morgan fingerprint density at radius 2 is 2.18 bits per heavy atom. The molecule has 1 aromatic carbocycles. The Bertz CT molecular complexity index is 658. The highest BCUT2D eigenvalue weighted by Gasteiger charge is 2.30. The van der Waals surface area contributed by atoms with E-state index in [0.29, 0.717) is 25.2 Å². The molecular formula is C15H22N2O4S. The highest BCUT2D eigenvalue weighted by molar-refractivity contribution is 7.89. The number of ether oxygens (including phenoxy) is 1. The first-order chi connectivity index (χ1) is 10.4. The molecule has 122 valence electrons. The topological polar surface area (TPSA) is 75.7 Å². The van der Waals surface area contributed by atoms with E-state index in [1.54, 1.807) is 26.0 Å². The molecule has 22 heavy (non-hydrogen) atoms. The maximum Gasteiger partial charge on any atom is 0.338 e. The van der Waals surface area contributed by atoms with Gasteiger partial charge in [0.1, 0.15) is 0 Å². The third-order valence-corrected chi connectivity index (χ3v) is 5.66. The number of hydrogen-bond donors (Lipinski definition) is 1. The summed E-state index contributed by atoms with van der Waals surface area (Å²) in [5.41, 5.74) is 0.883. The van der Waals surface area contributed by atoms with Crippen LogP contribution in [0.25, 0.3) is 0 Å². The number of carbonyl (C=O) groups excluding carboxylic acids is 1. The predicted molar refractivity (Wildman–Crippen MR) is 83.4 cm³/mol. The highest BCUT2D eigenvalue weighted by Crippen LogP contribution is 2.23. The zero-order valence-electron chi connectivity index (χ0n) is 13.1. The third kappa shape index (κ3) is 3.48. The van der Waals surface area contributed by atoms with E-state index < -0.39 is 16.0 Å². The minimum absolute atomic E-state index is 0.108. The van der Waals surface area contributed by atoms with Gasteiger partial charge in [-0.1, -0.05) is 6.07 Å². The lowest BCUT2D eigenvalue weighted by Crippen LogP contribution is -2.51. The maximum atomic E-state index is 12.8. The van der Waals surface area contributed by atoms with Gasteiger partial charge in [0.25, 0.3) is 0 Å². The van der Waals surface area contributed by atoms with E-state index in [4.69, 9.17) is 4.74 Å². The number of benzene rings is 1. The van der Waals surface area contributed by atoms with E-state index in [1.165, 1.54) is 10.4 Å². The van der Waals surface area contributed by atoms with Crippen molar-refractivity contribution in [3.8, 4) is 0 Å². The summed E-state index contributed by atoms with van der Waals surface area (Å²) in [6.07, 6.45) is 0. The third-order valence-electron chi connectivity index (χ3n) is 3.65.